The lowest BCUT2D eigenvalue weighted by atomic mass is 9.82. The Balaban J connectivity index is 1.24. The van der Waals surface area contributed by atoms with E-state index < -0.39 is 5.97 Å². The SMILES string of the molecule is O=C(O)c1[nH]nnc1OC1CCC(c2ccc(OCC3CCCC(CO)C3)cc2)CC1. The summed E-state index contributed by atoms with van der Waals surface area (Å²) in [7, 11) is 0. The van der Waals surface area contributed by atoms with Crippen LogP contribution in [0.4, 0.5) is 0 Å². The van der Waals surface area contributed by atoms with Crippen LogP contribution in [0.5, 0.6) is 11.6 Å². The predicted molar refractivity (Wildman–Crippen MR) is 113 cm³/mol. The maximum atomic E-state index is 11.1. The minimum atomic E-state index is -1.12. The number of aliphatic hydroxyl groups excluding tert-OH is 1. The molecule has 2 aliphatic rings. The number of H-pyrrole nitrogens is 1. The smallest absolute Gasteiger partial charge is 0.359 e. The number of carbonyl (C=O) groups is 1. The number of hydrogen-bond donors (Lipinski definition) is 3. The maximum Gasteiger partial charge on any atom is 0.359 e. The van der Waals surface area contributed by atoms with Gasteiger partial charge in [0.05, 0.1) is 6.61 Å². The summed E-state index contributed by atoms with van der Waals surface area (Å²) in [5.41, 5.74) is 1.20. The zero-order valence-corrected chi connectivity index (χ0v) is 17.7. The van der Waals surface area contributed by atoms with Crippen molar-refractivity contribution in [3.63, 3.8) is 0 Å². The van der Waals surface area contributed by atoms with Gasteiger partial charge >= 0.3 is 5.97 Å². The molecule has 2 atom stereocenters. The molecule has 2 fully saturated rings. The van der Waals surface area contributed by atoms with Crippen LogP contribution in [0.3, 0.4) is 0 Å². The van der Waals surface area contributed by atoms with Crippen molar-refractivity contribution in [1.82, 2.24) is 15.4 Å². The van der Waals surface area contributed by atoms with E-state index in [1.165, 1.54) is 18.4 Å². The topological polar surface area (TPSA) is 118 Å². The van der Waals surface area contributed by atoms with Crippen LogP contribution >= 0.6 is 0 Å². The Morgan fingerprint density at radius 3 is 2.52 bits per heavy atom. The summed E-state index contributed by atoms with van der Waals surface area (Å²) in [6.07, 6.45) is 8.17. The second-order valence-corrected chi connectivity index (χ2v) is 8.85. The summed E-state index contributed by atoms with van der Waals surface area (Å²) in [5.74, 6) is 1.29. The first-order chi connectivity index (χ1) is 15.1. The zero-order chi connectivity index (χ0) is 21.6. The van der Waals surface area contributed by atoms with Crippen molar-refractivity contribution >= 4 is 5.97 Å². The van der Waals surface area contributed by atoms with E-state index in [0.29, 0.717) is 17.8 Å². The zero-order valence-electron chi connectivity index (χ0n) is 17.7. The number of aliphatic hydroxyl groups is 1. The molecule has 0 bridgehead atoms. The molecule has 2 unspecified atom stereocenters. The van der Waals surface area contributed by atoms with Gasteiger partial charge in [0.25, 0.3) is 5.88 Å². The second-order valence-electron chi connectivity index (χ2n) is 8.85. The summed E-state index contributed by atoms with van der Waals surface area (Å²) in [5, 5.41) is 28.1. The molecule has 1 aromatic carbocycles. The first-order valence-electron chi connectivity index (χ1n) is 11.3. The van der Waals surface area contributed by atoms with Gasteiger partial charge < -0.3 is 19.7 Å². The van der Waals surface area contributed by atoms with E-state index in [4.69, 9.17) is 14.6 Å². The summed E-state index contributed by atoms with van der Waals surface area (Å²) < 4.78 is 11.8. The first kappa shape index (κ1) is 21.6. The van der Waals surface area contributed by atoms with Crippen LogP contribution < -0.4 is 9.47 Å². The average molecular weight is 430 g/mol. The van der Waals surface area contributed by atoms with Gasteiger partial charge in [-0.3, -0.25) is 0 Å². The van der Waals surface area contributed by atoms with Gasteiger partial charge in [0.2, 0.25) is 5.69 Å². The quantitative estimate of drug-likeness (QED) is 0.584. The molecule has 3 N–H and O–H groups in total. The fourth-order valence-corrected chi connectivity index (χ4v) is 4.88. The largest absolute Gasteiger partial charge is 0.493 e. The highest BCUT2D eigenvalue weighted by molar-refractivity contribution is 5.87. The highest BCUT2D eigenvalue weighted by Gasteiger charge is 2.26. The van der Waals surface area contributed by atoms with E-state index in [1.807, 2.05) is 0 Å². The Morgan fingerprint density at radius 1 is 1.06 bits per heavy atom. The number of aromatic carboxylic acids is 1. The molecule has 31 heavy (non-hydrogen) atoms. The lowest BCUT2D eigenvalue weighted by Crippen LogP contribution is -2.24. The van der Waals surface area contributed by atoms with E-state index >= 15 is 0 Å². The number of hydrogen-bond acceptors (Lipinski definition) is 6. The maximum absolute atomic E-state index is 11.1. The molecule has 168 valence electrons. The number of ether oxygens (including phenoxy) is 2. The minimum Gasteiger partial charge on any atom is -0.493 e. The molecule has 0 saturated heterocycles. The average Bonchev–Trinajstić information content (AvgIpc) is 3.27. The molecule has 2 aliphatic carbocycles. The minimum absolute atomic E-state index is 0.0414. The lowest BCUT2D eigenvalue weighted by Gasteiger charge is -2.29. The molecule has 1 aromatic heterocycles. The molecule has 0 amide bonds. The van der Waals surface area contributed by atoms with Gasteiger partial charge in [0.1, 0.15) is 11.9 Å². The third kappa shape index (κ3) is 5.55. The number of nitrogens with zero attached hydrogens (tertiary/aromatic N) is 2. The van der Waals surface area contributed by atoms with Crippen LogP contribution in [0.15, 0.2) is 24.3 Å². The third-order valence-electron chi connectivity index (χ3n) is 6.67. The number of aromatic nitrogens is 3. The number of nitrogens with one attached hydrogen (secondary N) is 1. The highest BCUT2D eigenvalue weighted by Crippen LogP contribution is 2.35. The van der Waals surface area contributed by atoms with E-state index in [0.717, 1.165) is 50.9 Å². The highest BCUT2D eigenvalue weighted by atomic mass is 16.5. The van der Waals surface area contributed by atoms with Crippen LogP contribution in [0.25, 0.3) is 0 Å². The molecule has 0 radical (unpaired) electrons. The van der Waals surface area contributed by atoms with Gasteiger partial charge in [0, 0.05) is 6.61 Å². The molecule has 1 heterocycles. The fraction of sp³-hybridized carbons (Fsp3) is 0.609. The van der Waals surface area contributed by atoms with Gasteiger partial charge in [-0.25, -0.2) is 9.89 Å². The van der Waals surface area contributed by atoms with Gasteiger partial charge in [-0.05, 0) is 80.4 Å². The summed E-state index contributed by atoms with van der Waals surface area (Å²) in [6.45, 7) is 1.01. The van der Waals surface area contributed by atoms with E-state index in [2.05, 4.69) is 39.7 Å². The Bertz CT molecular complexity index is 845. The Hall–Kier alpha value is -2.61. The van der Waals surface area contributed by atoms with Crippen molar-refractivity contribution in [1.29, 1.82) is 0 Å². The standard InChI is InChI=1S/C23H31N3O5/c27-13-15-2-1-3-16(12-15)14-30-19-8-4-17(5-9-19)18-6-10-20(11-7-18)31-22-21(23(28)29)24-26-25-22/h4-5,8-9,15-16,18,20,27H,1-3,6-7,10-14H2,(H,28,29)(H,24,25,26). The van der Waals surface area contributed by atoms with Gasteiger partial charge in [-0.15, -0.1) is 0 Å². The van der Waals surface area contributed by atoms with Crippen molar-refractivity contribution in [3.05, 3.63) is 35.5 Å². The van der Waals surface area contributed by atoms with Crippen molar-refractivity contribution in [2.45, 2.75) is 63.4 Å². The second kappa shape index (κ2) is 10.1. The molecular weight excluding hydrogens is 398 g/mol. The fourth-order valence-electron chi connectivity index (χ4n) is 4.88. The van der Waals surface area contributed by atoms with Crippen molar-refractivity contribution in [2.75, 3.05) is 13.2 Å². The number of carboxylic acid groups (broad SMARTS) is 1. The van der Waals surface area contributed by atoms with E-state index in [1.54, 1.807) is 0 Å². The molecule has 8 nitrogen and oxygen atoms in total. The van der Waals surface area contributed by atoms with Gasteiger partial charge in [-0.1, -0.05) is 28.9 Å². The molecule has 0 aliphatic heterocycles. The molecule has 2 saturated carbocycles. The summed E-state index contributed by atoms with van der Waals surface area (Å²) >= 11 is 0. The van der Waals surface area contributed by atoms with Crippen molar-refractivity contribution in [3.8, 4) is 11.6 Å². The van der Waals surface area contributed by atoms with E-state index in [-0.39, 0.29) is 24.3 Å². The normalized spacial score (nSPS) is 26.4. The molecular formula is C23H31N3O5. The van der Waals surface area contributed by atoms with Crippen LogP contribution in [0.2, 0.25) is 0 Å². The number of rotatable bonds is 8. The Labute approximate surface area is 182 Å². The number of benzene rings is 1. The molecule has 4 rings (SSSR count). The Kier molecular flexibility index (Phi) is 7.06. The number of aromatic amines is 1. The van der Waals surface area contributed by atoms with Gasteiger partial charge in [0.15, 0.2) is 0 Å². The van der Waals surface area contributed by atoms with Crippen molar-refractivity contribution in [2.24, 2.45) is 11.8 Å². The van der Waals surface area contributed by atoms with E-state index in [9.17, 15) is 9.90 Å². The van der Waals surface area contributed by atoms with Crippen LogP contribution in [0.1, 0.15) is 73.3 Å². The number of carboxylic acids is 1. The molecule has 2 aromatic rings. The predicted octanol–water partition coefficient (Wildman–Crippen LogP) is 3.79. The monoisotopic (exact) mass is 429 g/mol. The van der Waals surface area contributed by atoms with Crippen LogP contribution in [-0.4, -0.2) is 50.9 Å². The molecule has 8 heteroatoms. The van der Waals surface area contributed by atoms with Crippen molar-refractivity contribution < 1.29 is 24.5 Å². The van der Waals surface area contributed by atoms with Gasteiger partial charge in [-0.2, -0.15) is 0 Å². The summed E-state index contributed by atoms with van der Waals surface area (Å²) in [4.78, 5) is 11.1. The first-order valence-corrected chi connectivity index (χ1v) is 11.3. The third-order valence-corrected chi connectivity index (χ3v) is 6.67. The van der Waals surface area contributed by atoms with Crippen LogP contribution in [0, 0.1) is 11.8 Å². The van der Waals surface area contributed by atoms with Crippen LogP contribution in [-0.2, 0) is 0 Å². The summed E-state index contributed by atoms with van der Waals surface area (Å²) in [6, 6.07) is 8.41. The Morgan fingerprint density at radius 2 is 1.81 bits per heavy atom. The lowest BCUT2D eigenvalue weighted by molar-refractivity contribution is 0.0677. The molecule has 0 spiro atoms.